The Balaban J connectivity index is 1.74. The van der Waals surface area contributed by atoms with Crippen LogP contribution in [0.15, 0.2) is 47.5 Å². The first kappa shape index (κ1) is 18.7. The highest BCUT2D eigenvalue weighted by molar-refractivity contribution is 7.99. The molecule has 3 rings (SSSR count). The third-order valence-electron chi connectivity index (χ3n) is 4.56. The van der Waals surface area contributed by atoms with Crippen molar-refractivity contribution >= 4 is 28.4 Å². The molecule has 2 aromatic heterocycles. The van der Waals surface area contributed by atoms with Crippen molar-refractivity contribution in [2.75, 3.05) is 19.5 Å². The van der Waals surface area contributed by atoms with Gasteiger partial charge in [0.25, 0.3) is 0 Å². The van der Waals surface area contributed by atoms with Gasteiger partial charge in [-0.1, -0.05) is 36.0 Å². The van der Waals surface area contributed by atoms with Crippen LogP contribution in [-0.4, -0.2) is 34.8 Å². The molecule has 0 saturated carbocycles. The number of ether oxygens (including phenoxy) is 1. The van der Waals surface area contributed by atoms with Crippen molar-refractivity contribution < 1.29 is 9.53 Å². The SMILES string of the molecule is COC[C@@H](C)n1c(C)cc(C(=O)CSc2ccc3ccccc3n2)c1C. The molecular weight excluding hydrogens is 344 g/mol. The van der Waals surface area contributed by atoms with E-state index in [-0.39, 0.29) is 11.8 Å². The molecule has 2 heterocycles. The Bertz CT molecular complexity index is 933. The number of pyridine rings is 1. The Morgan fingerprint density at radius 2 is 2.00 bits per heavy atom. The number of para-hydroxylation sites is 1. The predicted octanol–water partition coefficient (Wildman–Crippen LogP) is 4.84. The molecule has 5 heteroatoms. The van der Waals surface area contributed by atoms with Crippen LogP contribution < -0.4 is 0 Å². The van der Waals surface area contributed by atoms with Gasteiger partial charge in [-0.2, -0.15) is 0 Å². The van der Waals surface area contributed by atoms with Crippen molar-refractivity contribution in [1.82, 2.24) is 9.55 Å². The van der Waals surface area contributed by atoms with Crippen LogP contribution in [0.2, 0.25) is 0 Å². The van der Waals surface area contributed by atoms with Crippen LogP contribution >= 0.6 is 11.8 Å². The first-order valence-corrected chi connectivity index (χ1v) is 9.69. The minimum atomic E-state index is 0.133. The summed E-state index contributed by atoms with van der Waals surface area (Å²) in [5, 5.41) is 1.98. The summed E-state index contributed by atoms with van der Waals surface area (Å²) >= 11 is 1.49. The highest BCUT2D eigenvalue weighted by atomic mass is 32.2. The summed E-state index contributed by atoms with van der Waals surface area (Å²) in [4.78, 5) is 17.4. The number of carbonyl (C=O) groups is 1. The monoisotopic (exact) mass is 368 g/mol. The molecular formula is C21H24N2O2S. The summed E-state index contributed by atoms with van der Waals surface area (Å²) in [6, 6.07) is 14.2. The molecule has 0 aliphatic rings. The van der Waals surface area contributed by atoms with Crippen molar-refractivity contribution in [3.63, 3.8) is 0 Å². The Morgan fingerprint density at radius 3 is 2.77 bits per heavy atom. The maximum Gasteiger partial charge on any atom is 0.174 e. The van der Waals surface area contributed by atoms with E-state index in [9.17, 15) is 4.79 Å². The zero-order valence-corrected chi connectivity index (χ0v) is 16.5. The number of benzene rings is 1. The van der Waals surface area contributed by atoms with Crippen molar-refractivity contribution in [2.45, 2.75) is 31.8 Å². The molecule has 0 aliphatic carbocycles. The highest BCUT2D eigenvalue weighted by Gasteiger charge is 2.19. The Morgan fingerprint density at radius 1 is 1.23 bits per heavy atom. The molecule has 26 heavy (non-hydrogen) atoms. The molecule has 0 bridgehead atoms. The second kappa shape index (κ2) is 8.06. The van der Waals surface area contributed by atoms with E-state index in [2.05, 4.69) is 16.5 Å². The number of rotatable bonds is 7. The van der Waals surface area contributed by atoms with E-state index in [4.69, 9.17) is 4.74 Å². The van der Waals surface area contributed by atoms with Crippen LogP contribution in [0.5, 0.6) is 0 Å². The lowest BCUT2D eigenvalue weighted by molar-refractivity contribution is 0.102. The van der Waals surface area contributed by atoms with Gasteiger partial charge in [-0.05, 0) is 39.0 Å². The molecule has 1 aromatic carbocycles. The van der Waals surface area contributed by atoms with Crippen LogP contribution in [0.3, 0.4) is 0 Å². The smallest absolute Gasteiger partial charge is 0.174 e. The van der Waals surface area contributed by atoms with Gasteiger partial charge >= 0.3 is 0 Å². The average molecular weight is 369 g/mol. The van der Waals surface area contributed by atoms with E-state index in [1.807, 2.05) is 56.3 Å². The third kappa shape index (κ3) is 3.84. The second-order valence-corrected chi connectivity index (χ2v) is 7.51. The zero-order valence-electron chi connectivity index (χ0n) is 15.7. The molecule has 136 valence electrons. The second-order valence-electron chi connectivity index (χ2n) is 6.51. The minimum absolute atomic E-state index is 0.133. The maximum absolute atomic E-state index is 12.8. The van der Waals surface area contributed by atoms with Crippen molar-refractivity contribution in [3.05, 3.63) is 59.4 Å². The van der Waals surface area contributed by atoms with Crippen molar-refractivity contribution in [2.24, 2.45) is 0 Å². The Labute approximate surface area is 158 Å². The van der Waals surface area contributed by atoms with Crippen LogP contribution in [0, 0.1) is 13.8 Å². The summed E-state index contributed by atoms with van der Waals surface area (Å²) in [6.45, 7) is 6.77. The van der Waals surface area contributed by atoms with Crippen LogP contribution in [0.4, 0.5) is 0 Å². The molecule has 0 aliphatic heterocycles. The van der Waals surface area contributed by atoms with Crippen LogP contribution in [0.1, 0.15) is 34.7 Å². The lowest BCUT2D eigenvalue weighted by Gasteiger charge is -2.17. The van der Waals surface area contributed by atoms with Crippen molar-refractivity contribution in [3.8, 4) is 0 Å². The number of carbonyl (C=O) groups excluding carboxylic acids is 1. The van der Waals surface area contributed by atoms with Gasteiger partial charge in [0.1, 0.15) is 0 Å². The number of Topliss-reactive ketones (excluding diaryl/α,β-unsaturated/α-hetero) is 1. The fourth-order valence-corrected chi connectivity index (χ4v) is 4.16. The van der Waals surface area contributed by atoms with E-state index in [1.165, 1.54) is 11.8 Å². The Kier molecular flexibility index (Phi) is 5.79. The van der Waals surface area contributed by atoms with E-state index in [0.29, 0.717) is 12.4 Å². The molecule has 0 radical (unpaired) electrons. The van der Waals surface area contributed by atoms with Gasteiger partial charge < -0.3 is 9.30 Å². The number of aromatic nitrogens is 2. The molecule has 0 saturated heterocycles. The van der Waals surface area contributed by atoms with E-state index >= 15 is 0 Å². The molecule has 0 unspecified atom stereocenters. The maximum atomic E-state index is 12.8. The number of thioether (sulfide) groups is 1. The first-order valence-electron chi connectivity index (χ1n) is 8.70. The number of hydrogen-bond donors (Lipinski definition) is 0. The standard InChI is InChI=1S/C21H24N2O2S/c1-14-11-18(16(3)23(14)15(2)12-25-4)20(24)13-26-21-10-9-17-7-5-6-8-19(17)22-21/h5-11,15H,12-13H2,1-4H3/t15-/m1/s1. The van der Waals surface area contributed by atoms with Crippen LogP contribution in [0.25, 0.3) is 10.9 Å². The number of methoxy groups -OCH3 is 1. The average Bonchev–Trinajstić information content (AvgIpc) is 2.94. The summed E-state index contributed by atoms with van der Waals surface area (Å²) in [5.41, 5.74) is 3.84. The Hall–Kier alpha value is -2.11. The third-order valence-corrected chi connectivity index (χ3v) is 5.49. The van der Waals surface area contributed by atoms with E-state index in [1.54, 1.807) is 7.11 Å². The minimum Gasteiger partial charge on any atom is -0.383 e. The lowest BCUT2D eigenvalue weighted by atomic mass is 10.2. The molecule has 1 atom stereocenters. The summed E-state index contributed by atoms with van der Waals surface area (Å²) in [7, 11) is 1.70. The topological polar surface area (TPSA) is 44.1 Å². The highest BCUT2D eigenvalue weighted by Crippen LogP contribution is 2.25. The van der Waals surface area contributed by atoms with Crippen molar-refractivity contribution in [1.29, 1.82) is 0 Å². The first-order chi connectivity index (χ1) is 12.5. The van der Waals surface area contributed by atoms with Gasteiger partial charge in [-0.25, -0.2) is 4.98 Å². The fraction of sp³-hybridized carbons (Fsp3) is 0.333. The summed E-state index contributed by atoms with van der Waals surface area (Å²) in [5.74, 6) is 0.516. The van der Waals surface area contributed by atoms with Gasteiger partial charge in [-0.15, -0.1) is 0 Å². The quantitative estimate of drug-likeness (QED) is 0.442. The number of aryl methyl sites for hydroxylation is 1. The van der Waals surface area contributed by atoms with E-state index in [0.717, 1.165) is 32.9 Å². The van der Waals surface area contributed by atoms with Gasteiger partial charge in [0.15, 0.2) is 5.78 Å². The zero-order chi connectivity index (χ0) is 18.7. The molecule has 4 nitrogen and oxygen atoms in total. The number of nitrogens with zero attached hydrogens (tertiary/aromatic N) is 2. The van der Waals surface area contributed by atoms with Gasteiger partial charge in [0.2, 0.25) is 0 Å². The number of hydrogen-bond acceptors (Lipinski definition) is 4. The molecule has 3 aromatic rings. The fourth-order valence-electron chi connectivity index (χ4n) is 3.40. The molecule has 0 N–H and O–H groups in total. The number of ketones is 1. The summed E-state index contributed by atoms with van der Waals surface area (Å²) in [6.07, 6.45) is 0. The number of fused-ring (bicyclic) bond motifs is 1. The lowest BCUT2D eigenvalue weighted by Crippen LogP contribution is -2.14. The van der Waals surface area contributed by atoms with Gasteiger partial charge in [-0.3, -0.25) is 4.79 Å². The largest absolute Gasteiger partial charge is 0.383 e. The molecule has 0 amide bonds. The van der Waals surface area contributed by atoms with Gasteiger partial charge in [0.05, 0.1) is 28.9 Å². The molecule has 0 spiro atoms. The normalized spacial score (nSPS) is 12.5. The van der Waals surface area contributed by atoms with Crippen LogP contribution in [-0.2, 0) is 4.74 Å². The van der Waals surface area contributed by atoms with Gasteiger partial charge in [0, 0.05) is 29.4 Å². The predicted molar refractivity (Wildman–Crippen MR) is 107 cm³/mol. The molecule has 0 fully saturated rings. The summed E-state index contributed by atoms with van der Waals surface area (Å²) < 4.78 is 7.44. The van der Waals surface area contributed by atoms with E-state index < -0.39 is 0 Å².